The Morgan fingerprint density at radius 2 is 1.80 bits per heavy atom. The maximum absolute atomic E-state index is 13.3. The van der Waals surface area contributed by atoms with Gasteiger partial charge in [0.15, 0.2) is 10.9 Å². The van der Waals surface area contributed by atoms with Crippen molar-refractivity contribution in [3.63, 3.8) is 0 Å². The lowest BCUT2D eigenvalue weighted by molar-refractivity contribution is -0.113. The van der Waals surface area contributed by atoms with Crippen LogP contribution >= 0.6 is 11.8 Å². The molecule has 0 fully saturated rings. The van der Waals surface area contributed by atoms with Crippen LogP contribution in [0.1, 0.15) is 5.56 Å². The fourth-order valence-electron chi connectivity index (χ4n) is 2.85. The van der Waals surface area contributed by atoms with Crippen molar-refractivity contribution in [1.82, 2.24) is 14.8 Å². The highest BCUT2D eigenvalue weighted by Crippen LogP contribution is 2.26. The highest BCUT2D eigenvalue weighted by Gasteiger charge is 2.18. The molecule has 0 aliphatic carbocycles. The second kappa shape index (κ2) is 8.91. The molecule has 152 valence electrons. The Hall–Kier alpha value is -3.46. The van der Waals surface area contributed by atoms with Gasteiger partial charge in [0, 0.05) is 11.8 Å². The summed E-state index contributed by atoms with van der Waals surface area (Å²) in [5.74, 6) is -0.849. The van der Waals surface area contributed by atoms with Crippen LogP contribution in [0.5, 0.6) is 0 Å². The molecule has 0 unspecified atom stereocenters. The molecule has 30 heavy (non-hydrogen) atoms. The lowest BCUT2D eigenvalue weighted by atomic mass is 10.2. The molecule has 4 aromatic rings. The van der Waals surface area contributed by atoms with Gasteiger partial charge in [0.05, 0.1) is 18.6 Å². The Balaban J connectivity index is 1.51. The number of hydrogen-bond donors (Lipinski definition) is 1. The molecule has 2 aromatic carbocycles. The predicted octanol–water partition coefficient (Wildman–Crippen LogP) is 4.60. The van der Waals surface area contributed by atoms with Gasteiger partial charge in [-0.2, -0.15) is 0 Å². The Morgan fingerprint density at radius 1 is 1.03 bits per heavy atom. The minimum Gasteiger partial charge on any atom is -0.461 e. The monoisotopic (exact) mass is 426 g/mol. The minimum atomic E-state index is -0.761. The van der Waals surface area contributed by atoms with Crippen LogP contribution in [0.25, 0.3) is 11.6 Å². The number of nitrogens with zero attached hydrogens (tertiary/aromatic N) is 3. The number of furan rings is 1. The topological polar surface area (TPSA) is 73.0 Å². The number of rotatable bonds is 7. The van der Waals surface area contributed by atoms with Gasteiger partial charge in [-0.3, -0.25) is 9.36 Å². The summed E-state index contributed by atoms with van der Waals surface area (Å²) in [4.78, 5) is 12.3. The number of halogens is 2. The third-order valence-corrected chi connectivity index (χ3v) is 5.09. The number of benzene rings is 2. The van der Waals surface area contributed by atoms with E-state index in [1.165, 1.54) is 11.8 Å². The predicted molar refractivity (Wildman–Crippen MR) is 109 cm³/mol. The van der Waals surface area contributed by atoms with E-state index in [1.807, 2.05) is 34.9 Å². The molecule has 6 nitrogen and oxygen atoms in total. The van der Waals surface area contributed by atoms with Gasteiger partial charge in [-0.15, -0.1) is 10.2 Å². The number of nitrogens with one attached hydrogen (secondary N) is 1. The van der Waals surface area contributed by atoms with Gasteiger partial charge in [0.1, 0.15) is 11.6 Å². The average Bonchev–Trinajstić information content (AvgIpc) is 3.36. The zero-order valence-electron chi connectivity index (χ0n) is 15.6. The van der Waals surface area contributed by atoms with Gasteiger partial charge < -0.3 is 9.73 Å². The maximum Gasteiger partial charge on any atom is 0.234 e. The van der Waals surface area contributed by atoms with Crippen LogP contribution in [0.4, 0.5) is 14.5 Å². The lowest BCUT2D eigenvalue weighted by Gasteiger charge is -2.10. The summed E-state index contributed by atoms with van der Waals surface area (Å²) in [7, 11) is 0. The van der Waals surface area contributed by atoms with Crippen LogP contribution in [0.2, 0.25) is 0 Å². The van der Waals surface area contributed by atoms with Crippen LogP contribution in [0.15, 0.2) is 76.5 Å². The quantitative estimate of drug-likeness (QED) is 0.438. The van der Waals surface area contributed by atoms with Crippen molar-refractivity contribution in [2.75, 3.05) is 11.1 Å². The Bertz CT molecular complexity index is 1130. The van der Waals surface area contributed by atoms with Gasteiger partial charge in [-0.25, -0.2) is 8.78 Å². The van der Waals surface area contributed by atoms with E-state index in [0.717, 1.165) is 23.8 Å². The van der Waals surface area contributed by atoms with E-state index in [2.05, 4.69) is 15.5 Å². The standard InChI is InChI=1S/C21H16F2N4O2S/c22-15-9-16(23)11-17(10-15)24-19(28)13-30-21-26-25-20(18-7-4-8-29-18)27(21)12-14-5-2-1-3-6-14/h1-11H,12-13H2,(H,24,28). The molecule has 0 saturated heterocycles. The van der Waals surface area contributed by atoms with E-state index >= 15 is 0 Å². The number of anilines is 1. The summed E-state index contributed by atoms with van der Waals surface area (Å²) in [6, 6.07) is 16.1. The Kier molecular flexibility index (Phi) is 5.89. The van der Waals surface area contributed by atoms with Crippen LogP contribution in [-0.2, 0) is 11.3 Å². The van der Waals surface area contributed by atoms with E-state index in [9.17, 15) is 13.6 Å². The summed E-state index contributed by atoms with van der Waals surface area (Å²) in [5, 5.41) is 11.4. The first-order valence-corrected chi connectivity index (χ1v) is 9.97. The van der Waals surface area contributed by atoms with Gasteiger partial charge in [-0.1, -0.05) is 42.1 Å². The fourth-order valence-corrected chi connectivity index (χ4v) is 3.58. The highest BCUT2D eigenvalue weighted by molar-refractivity contribution is 7.99. The fraction of sp³-hybridized carbons (Fsp3) is 0.0952. The summed E-state index contributed by atoms with van der Waals surface area (Å²) in [6.45, 7) is 0.489. The molecule has 1 N–H and O–H groups in total. The molecule has 1 amide bonds. The summed E-state index contributed by atoms with van der Waals surface area (Å²) >= 11 is 1.17. The molecule has 2 aromatic heterocycles. The number of carbonyl (C=O) groups excluding carboxylic acids is 1. The Labute approximate surface area is 174 Å². The Morgan fingerprint density at radius 3 is 2.50 bits per heavy atom. The van der Waals surface area contributed by atoms with Gasteiger partial charge in [-0.05, 0) is 29.8 Å². The second-order valence-electron chi connectivity index (χ2n) is 6.35. The molecule has 0 atom stereocenters. The van der Waals surface area contributed by atoms with E-state index in [-0.39, 0.29) is 11.4 Å². The molecule has 4 rings (SSSR count). The third kappa shape index (κ3) is 4.74. The van der Waals surface area contributed by atoms with Crippen LogP contribution in [0, 0.1) is 11.6 Å². The maximum atomic E-state index is 13.3. The van der Waals surface area contributed by atoms with Crippen molar-refractivity contribution in [2.45, 2.75) is 11.7 Å². The normalized spacial score (nSPS) is 10.9. The average molecular weight is 426 g/mol. The van der Waals surface area contributed by atoms with Crippen molar-refractivity contribution < 1.29 is 18.0 Å². The van der Waals surface area contributed by atoms with Crippen LogP contribution in [0.3, 0.4) is 0 Å². The molecule has 0 aliphatic rings. The van der Waals surface area contributed by atoms with Crippen LogP contribution < -0.4 is 5.32 Å². The van der Waals surface area contributed by atoms with E-state index in [4.69, 9.17) is 4.42 Å². The number of carbonyl (C=O) groups is 1. The first-order valence-electron chi connectivity index (χ1n) is 8.98. The third-order valence-electron chi connectivity index (χ3n) is 4.12. The largest absolute Gasteiger partial charge is 0.461 e. The van der Waals surface area contributed by atoms with Gasteiger partial charge in [0.25, 0.3) is 0 Å². The molecule has 0 spiro atoms. The van der Waals surface area contributed by atoms with Crippen LogP contribution in [-0.4, -0.2) is 26.4 Å². The SMILES string of the molecule is O=C(CSc1nnc(-c2ccco2)n1Cc1ccccc1)Nc1cc(F)cc(F)c1. The van der Waals surface area contributed by atoms with Gasteiger partial charge in [0.2, 0.25) is 11.7 Å². The zero-order valence-corrected chi connectivity index (χ0v) is 16.4. The molecule has 9 heteroatoms. The molecule has 2 heterocycles. The second-order valence-corrected chi connectivity index (χ2v) is 7.29. The van der Waals surface area contributed by atoms with E-state index in [1.54, 1.807) is 18.4 Å². The lowest BCUT2D eigenvalue weighted by Crippen LogP contribution is -2.15. The summed E-state index contributed by atoms with van der Waals surface area (Å²) in [6.07, 6.45) is 1.55. The first kappa shape index (κ1) is 19.8. The van der Waals surface area contributed by atoms with E-state index in [0.29, 0.717) is 23.3 Å². The van der Waals surface area contributed by atoms with Crippen molar-refractivity contribution in [1.29, 1.82) is 0 Å². The summed E-state index contributed by atoms with van der Waals surface area (Å²) < 4.78 is 33.9. The zero-order chi connectivity index (χ0) is 20.9. The molecular formula is C21H16F2N4O2S. The molecular weight excluding hydrogens is 410 g/mol. The summed E-state index contributed by atoms with van der Waals surface area (Å²) in [5.41, 5.74) is 1.09. The number of aromatic nitrogens is 3. The van der Waals surface area contributed by atoms with Crippen molar-refractivity contribution >= 4 is 23.4 Å². The van der Waals surface area contributed by atoms with E-state index < -0.39 is 17.5 Å². The smallest absolute Gasteiger partial charge is 0.234 e. The molecule has 0 radical (unpaired) electrons. The van der Waals surface area contributed by atoms with Crippen molar-refractivity contribution in [3.05, 3.63) is 84.1 Å². The minimum absolute atomic E-state index is 0.0107. The molecule has 0 saturated carbocycles. The van der Waals surface area contributed by atoms with Crippen molar-refractivity contribution in [3.8, 4) is 11.6 Å². The highest BCUT2D eigenvalue weighted by atomic mass is 32.2. The number of thioether (sulfide) groups is 1. The number of hydrogen-bond acceptors (Lipinski definition) is 5. The van der Waals surface area contributed by atoms with Crippen molar-refractivity contribution in [2.24, 2.45) is 0 Å². The molecule has 0 bridgehead atoms. The van der Waals surface area contributed by atoms with Gasteiger partial charge >= 0.3 is 0 Å². The number of amides is 1. The molecule has 0 aliphatic heterocycles. The first-order chi connectivity index (χ1) is 14.6.